The Morgan fingerprint density at radius 3 is 1.51 bits per heavy atom. The summed E-state index contributed by atoms with van der Waals surface area (Å²) in [7, 11) is 0. The first-order valence-corrected chi connectivity index (χ1v) is 32.1. The van der Waals surface area contributed by atoms with Gasteiger partial charge in [-0.3, -0.25) is 4.90 Å². The molecule has 7 aliphatic rings. The van der Waals surface area contributed by atoms with Crippen LogP contribution in [-0.2, 0) is 76.7 Å². The van der Waals surface area contributed by atoms with Crippen molar-refractivity contribution in [1.29, 1.82) is 0 Å². The van der Waals surface area contributed by atoms with E-state index < -0.39 is 153 Å². The summed E-state index contributed by atoms with van der Waals surface area (Å²) in [5, 5.41) is 54.3. The van der Waals surface area contributed by atoms with Crippen molar-refractivity contribution in [3.63, 3.8) is 0 Å². The summed E-state index contributed by atoms with van der Waals surface area (Å²) in [5.74, 6) is -0.606. The van der Waals surface area contributed by atoms with Gasteiger partial charge in [-0.05, 0) is 65.8 Å². The maximum Gasteiger partial charge on any atom is 0.412 e. The van der Waals surface area contributed by atoms with Crippen molar-refractivity contribution in [2.75, 3.05) is 6.61 Å². The Morgan fingerprint density at radius 1 is 0.473 bits per heavy atom. The van der Waals surface area contributed by atoms with E-state index in [-0.39, 0.29) is 32.3 Å². The summed E-state index contributed by atoms with van der Waals surface area (Å²) in [6.07, 6.45) is -20.8. The molecule has 1 saturated carbocycles. The van der Waals surface area contributed by atoms with Gasteiger partial charge in [-0.2, -0.15) is 0 Å². The molecule has 0 spiro atoms. The summed E-state index contributed by atoms with van der Waals surface area (Å²) < 4.78 is 78.7. The maximum absolute atomic E-state index is 15.0. The summed E-state index contributed by atoms with van der Waals surface area (Å²) in [6.45, 7) is 0.901. The number of hydrogen-bond donors (Lipinski definition) is 6. The number of nitrogens with zero attached hydrogens (tertiary/aromatic N) is 1. The maximum atomic E-state index is 15.0. The molecule has 1 aliphatic carbocycles. The lowest BCUT2D eigenvalue weighted by Crippen LogP contribution is -2.66. The average Bonchev–Trinajstić information content (AvgIpc) is 1.63. The molecule has 7 fully saturated rings. The Bertz CT molecular complexity index is 3370. The zero-order chi connectivity index (χ0) is 64.0. The van der Waals surface area contributed by atoms with Gasteiger partial charge in [0.2, 0.25) is 0 Å². The number of alkyl carbamates (subject to hydrolysis) is 2. The van der Waals surface area contributed by atoms with Crippen LogP contribution in [0.25, 0.3) is 0 Å². The molecule has 3 amide bonds. The lowest BCUT2D eigenvalue weighted by atomic mass is 9.80. The zero-order valence-electron chi connectivity index (χ0n) is 51.2. The first-order valence-electron chi connectivity index (χ1n) is 32.1. The number of amides is 3. The lowest BCUT2D eigenvalue weighted by Gasteiger charge is -2.50. The molecule has 13 rings (SSSR count). The van der Waals surface area contributed by atoms with Gasteiger partial charge in [0, 0.05) is 5.56 Å². The molecule has 22 nitrogen and oxygen atoms in total. The molecule has 6 aromatic rings. The number of aliphatic hydroxyl groups is 4. The summed E-state index contributed by atoms with van der Waals surface area (Å²) in [6, 6.07) is 52.7. The van der Waals surface area contributed by atoms with Gasteiger partial charge in [-0.15, -0.1) is 0 Å². The summed E-state index contributed by atoms with van der Waals surface area (Å²) in [5.41, 5.74) is 4.72. The van der Waals surface area contributed by atoms with Crippen molar-refractivity contribution in [3.8, 4) is 0 Å². The second-order valence-electron chi connectivity index (χ2n) is 24.8. The molecule has 6 aliphatic heterocycles. The normalized spacial score (nSPS) is 34.7. The Hall–Kier alpha value is -7.39. The highest BCUT2D eigenvalue weighted by Gasteiger charge is 2.62. The van der Waals surface area contributed by atoms with Crippen LogP contribution >= 0.6 is 0 Å². The fourth-order valence-corrected chi connectivity index (χ4v) is 14.0. The molecule has 6 aromatic carbocycles. The minimum Gasteiger partial charge on any atom is -0.445 e. The predicted octanol–water partition coefficient (Wildman–Crippen LogP) is 7.97. The van der Waals surface area contributed by atoms with Crippen LogP contribution in [0.4, 0.5) is 14.4 Å². The van der Waals surface area contributed by atoms with E-state index in [1.165, 1.54) is 4.90 Å². The smallest absolute Gasteiger partial charge is 0.412 e. The third-order valence-electron chi connectivity index (χ3n) is 18.7. The van der Waals surface area contributed by atoms with Gasteiger partial charge in [0.15, 0.2) is 25.1 Å². The van der Waals surface area contributed by atoms with Crippen LogP contribution in [0.2, 0.25) is 0 Å². The number of rotatable bonds is 18. The lowest BCUT2D eigenvalue weighted by molar-refractivity contribution is -0.327. The monoisotopic (exact) mass is 1280 g/mol. The van der Waals surface area contributed by atoms with E-state index in [9.17, 15) is 30.0 Å². The van der Waals surface area contributed by atoms with E-state index in [0.29, 0.717) is 36.8 Å². The Labute approximate surface area is 538 Å². The van der Waals surface area contributed by atoms with Crippen LogP contribution < -0.4 is 10.6 Å². The van der Waals surface area contributed by atoms with Crippen molar-refractivity contribution in [2.45, 2.75) is 188 Å². The van der Waals surface area contributed by atoms with Gasteiger partial charge in [-0.25, -0.2) is 14.4 Å². The number of carbonyl (C=O) groups is 3. The molecule has 0 radical (unpaired) electrons. The first-order chi connectivity index (χ1) is 45.4. The highest BCUT2D eigenvalue weighted by atomic mass is 16.8. The Kier molecular flexibility index (Phi) is 20.4. The number of ether oxygens (including phenoxy) is 12. The minimum atomic E-state index is -1.76. The van der Waals surface area contributed by atoms with E-state index in [2.05, 4.69) is 10.6 Å². The van der Waals surface area contributed by atoms with Gasteiger partial charge < -0.3 is 87.9 Å². The van der Waals surface area contributed by atoms with Crippen LogP contribution in [-0.4, -0.2) is 160 Å². The number of benzene rings is 6. The van der Waals surface area contributed by atoms with Gasteiger partial charge in [0.25, 0.3) is 0 Å². The molecule has 6 heterocycles. The van der Waals surface area contributed by atoms with Crippen LogP contribution in [0.1, 0.15) is 90.8 Å². The van der Waals surface area contributed by atoms with E-state index in [0.717, 1.165) is 22.3 Å². The molecule has 93 heavy (non-hydrogen) atoms. The topological polar surface area (TPSA) is 270 Å². The molecule has 22 atom stereocenters. The number of aliphatic hydroxyl groups excluding tert-OH is 4. The Morgan fingerprint density at radius 2 is 0.946 bits per heavy atom. The second-order valence-corrected chi connectivity index (χ2v) is 24.8. The van der Waals surface area contributed by atoms with Crippen molar-refractivity contribution >= 4 is 18.3 Å². The number of fused-ring (bicyclic) bond motifs is 4. The minimum absolute atomic E-state index is 0.0613. The molecule has 4 unspecified atom stereocenters. The van der Waals surface area contributed by atoms with Crippen LogP contribution in [0.15, 0.2) is 182 Å². The third kappa shape index (κ3) is 14.5. The highest BCUT2D eigenvalue weighted by molar-refractivity contribution is 5.70. The predicted molar refractivity (Wildman–Crippen MR) is 329 cm³/mol. The number of hydrogen-bond acceptors (Lipinski definition) is 19. The van der Waals surface area contributed by atoms with Crippen LogP contribution in [0, 0.1) is 5.92 Å². The van der Waals surface area contributed by atoms with Crippen molar-refractivity contribution in [3.05, 3.63) is 215 Å². The van der Waals surface area contributed by atoms with E-state index in [1.807, 2.05) is 177 Å². The quantitative estimate of drug-likeness (QED) is 0.0445. The van der Waals surface area contributed by atoms with Gasteiger partial charge >= 0.3 is 18.3 Å². The standard InChI is InChI=1S/C71H79N3O19/c1-41-36-48(72-69(79)82-38-42-20-8-2-9-21-42)56(76)64(93-68-58(78)61(53(37-75)89-68)92-66-54(73-70(80)83-39-43-22-10-3-11-23-43)57(77)60-51(87-66)34-32-49(85-60)45-26-14-5-15-27-45)59(41)91-67-55-63(62-52(88-67)35-33-50(86-62)46-28-16-6-17-29-46)90-65(47-30-18-7-19-31-47)74(55)71(81)84-40-44-24-12-4-13-25-44/h2-31,41,48-68,75-78H,32-40H2,1H3,(H,72,79)(H,73,80)/t41-,48+,49?,50?,51-,52+,53+,54+,55?,56-,57+,58+,59+,60+,61+,62+,63+,64+,65?,66+,67+,68-/m0/s1. The summed E-state index contributed by atoms with van der Waals surface area (Å²) in [4.78, 5) is 44.0. The molecular weight excluding hydrogens is 1200 g/mol. The molecule has 0 bridgehead atoms. The third-order valence-corrected chi connectivity index (χ3v) is 18.7. The van der Waals surface area contributed by atoms with E-state index in [1.54, 1.807) is 12.1 Å². The van der Waals surface area contributed by atoms with Gasteiger partial charge in [0.1, 0.15) is 86.8 Å². The second kappa shape index (κ2) is 29.5. The first kappa shape index (κ1) is 64.3. The molecule has 0 aromatic heterocycles. The van der Waals surface area contributed by atoms with Crippen molar-refractivity contribution in [2.24, 2.45) is 5.92 Å². The number of nitrogens with one attached hydrogen (secondary N) is 2. The molecular formula is C71H79N3O19. The SMILES string of the molecule is C[C@H]1C[C@@H](NC(=O)OCc2ccccc2)[C@H](O)[C@@H](O[C@@H]2O[C@H](CO)[C@@H](O[C@H]3O[C@H]4CCC(c5ccccc5)O[C@H]4[C@H](O)[C@H]3NC(=O)OCc3ccccc3)[C@H]2O)[C@@H]1O[C@H]1O[C@@H]2CCC(c3ccccc3)O[C@H]2[C@@H]2OC(c3ccccc3)N(C(=O)OCc3ccccc3)C12. The van der Waals surface area contributed by atoms with Gasteiger partial charge in [0.05, 0.1) is 43.2 Å². The average molecular weight is 1280 g/mol. The molecule has 6 N–H and O–H groups in total. The highest BCUT2D eigenvalue weighted by Crippen LogP contribution is 2.49. The molecule has 6 saturated heterocycles. The van der Waals surface area contributed by atoms with Crippen molar-refractivity contribution in [1.82, 2.24) is 15.5 Å². The zero-order valence-corrected chi connectivity index (χ0v) is 51.2. The van der Waals surface area contributed by atoms with E-state index >= 15 is 4.79 Å². The Balaban J connectivity index is 0.797. The summed E-state index contributed by atoms with van der Waals surface area (Å²) >= 11 is 0. The van der Waals surface area contributed by atoms with E-state index in [4.69, 9.17) is 56.8 Å². The largest absolute Gasteiger partial charge is 0.445 e. The number of carbonyl (C=O) groups excluding carboxylic acids is 3. The molecule has 22 heteroatoms. The molecule has 492 valence electrons. The fourth-order valence-electron chi connectivity index (χ4n) is 14.0. The van der Waals surface area contributed by atoms with Crippen molar-refractivity contribution < 1.29 is 91.7 Å². The van der Waals surface area contributed by atoms with Gasteiger partial charge in [-0.1, -0.05) is 189 Å². The van der Waals surface area contributed by atoms with Crippen LogP contribution in [0.3, 0.4) is 0 Å². The van der Waals surface area contributed by atoms with Crippen LogP contribution in [0.5, 0.6) is 0 Å². The fraction of sp³-hybridized carbons (Fsp3) is 0.451.